The van der Waals surface area contributed by atoms with E-state index in [2.05, 4.69) is 42.3 Å². The van der Waals surface area contributed by atoms with Crippen LogP contribution in [0.25, 0.3) is 0 Å². The van der Waals surface area contributed by atoms with Crippen LogP contribution in [0.15, 0.2) is 18.2 Å². The average molecular weight is 276 g/mol. The molecule has 20 heavy (non-hydrogen) atoms. The van der Waals surface area contributed by atoms with E-state index in [9.17, 15) is 0 Å². The van der Waals surface area contributed by atoms with E-state index in [1.807, 2.05) is 7.05 Å². The number of nitrogens with zero attached hydrogens (tertiary/aromatic N) is 1. The van der Waals surface area contributed by atoms with E-state index in [1.165, 1.54) is 29.7 Å². The summed E-state index contributed by atoms with van der Waals surface area (Å²) in [6.07, 6.45) is 3.94. The highest BCUT2D eigenvalue weighted by molar-refractivity contribution is 5.51. The van der Waals surface area contributed by atoms with Crippen LogP contribution in [0.3, 0.4) is 0 Å². The summed E-state index contributed by atoms with van der Waals surface area (Å²) >= 11 is 0. The van der Waals surface area contributed by atoms with Crippen molar-refractivity contribution in [2.24, 2.45) is 0 Å². The molecule has 1 aromatic rings. The smallest absolute Gasteiger partial charge is 0.0750 e. The molecule has 0 saturated carbocycles. The Kier molecular flexibility index (Phi) is 5.86. The van der Waals surface area contributed by atoms with Gasteiger partial charge in [-0.15, -0.1) is 0 Å². The minimum atomic E-state index is 0.404. The summed E-state index contributed by atoms with van der Waals surface area (Å²) in [5.74, 6) is 0. The van der Waals surface area contributed by atoms with Crippen molar-refractivity contribution in [3.63, 3.8) is 0 Å². The first-order valence-electron chi connectivity index (χ1n) is 7.85. The fourth-order valence-electron chi connectivity index (χ4n) is 2.86. The van der Waals surface area contributed by atoms with Gasteiger partial charge in [-0.1, -0.05) is 13.0 Å². The van der Waals surface area contributed by atoms with Gasteiger partial charge in [-0.05, 0) is 56.5 Å². The van der Waals surface area contributed by atoms with E-state index in [0.717, 1.165) is 32.7 Å². The topological polar surface area (TPSA) is 24.5 Å². The Hall–Kier alpha value is -1.06. The van der Waals surface area contributed by atoms with E-state index in [4.69, 9.17) is 4.74 Å². The summed E-state index contributed by atoms with van der Waals surface area (Å²) in [6.45, 7) is 8.38. The Morgan fingerprint density at radius 2 is 2.25 bits per heavy atom. The van der Waals surface area contributed by atoms with Crippen LogP contribution in [0.1, 0.15) is 37.3 Å². The number of hydrogen-bond acceptors (Lipinski definition) is 3. The van der Waals surface area contributed by atoms with Crippen molar-refractivity contribution >= 4 is 5.69 Å². The molecule has 1 N–H and O–H groups in total. The van der Waals surface area contributed by atoms with Crippen molar-refractivity contribution in [2.75, 3.05) is 31.6 Å². The zero-order valence-corrected chi connectivity index (χ0v) is 13.1. The van der Waals surface area contributed by atoms with Gasteiger partial charge in [0.05, 0.1) is 6.10 Å². The third-order valence-electron chi connectivity index (χ3n) is 3.99. The lowest BCUT2D eigenvalue weighted by atomic mass is 10.0. The van der Waals surface area contributed by atoms with Gasteiger partial charge in [0.1, 0.15) is 0 Å². The predicted molar refractivity (Wildman–Crippen MR) is 85.4 cm³/mol. The van der Waals surface area contributed by atoms with Crippen LogP contribution >= 0.6 is 0 Å². The Balaban J connectivity index is 2.01. The number of nitrogens with one attached hydrogen (secondary N) is 1. The minimum Gasteiger partial charge on any atom is -0.376 e. The van der Waals surface area contributed by atoms with E-state index in [0.29, 0.717) is 6.10 Å². The quantitative estimate of drug-likeness (QED) is 0.864. The molecule has 0 spiro atoms. The zero-order valence-electron chi connectivity index (χ0n) is 13.1. The molecule has 112 valence electrons. The first-order valence-corrected chi connectivity index (χ1v) is 7.85. The number of hydrogen-bond donors (Lipinski definition) is 1. The second kappa shape index (κ2) is 7.65. The highest BCUT2D eigenvalue weighted by Gasteiger charge is 2.20. The van der Waals surface area contributed by atoms with Crippen LogP contribution in [0, 0.1) is 6.92 Å². The van der Waals surface area contributed by atoms with Gasteiger partial charge < -0.3 is 15.0 Å². The molecular weight excluding hydrogens is 248 g/mol. The molecule has 1 fully saturated rings. The predicted octanol–water partition coefficient (Wildman–Crippen LogP) is 3.11. The lowest BCUT2D eigenvalue weighted by Gasteiger charge is -2.34. The van der Waals surface area contributed by atoms with Gasteiger partial charge in [0.25, 0.3) is 0 Å². The van der Waals surface area contributed by atoms with E-state index in [1.54, 1.807) is 0 Å². The van der Waals surface area contributed by atoms with Crippen LogP contribution in [0.2, 0.25) is 0 Å². The van der Waals surface area contributed by atoms with Gasteiger partial charge >= 0.3 is 0 Å². The summed E-state index contributed by atoms with van der Waals surface area (Å²) < 4.78 is 5.92. The molecular formula is C17H28N2O. The van der Waals surface area contributed by atoms with Crippen molar-refractivity contribution in [1.82, 2.24) is 5.32 Å². The summed E-state index contributed by atoms with van der Waals surface area (Å²) in [6, 6.07) is 6.81. The van der Waals surface area contributed by atoms with E-state index < -0.39 is 0 Å². The van der Waals surface area contributed by atoms with Gasteiger partial charge in [0.15, 0.2) is 0 Å². The molecule has 3 heteroatoms. The molecule has 2 rings (SSSR count). The SMILES string of the molecule is CCCOC1CCCN(c2ccc(CNC)c(C)c2)C1. The maximum Gasteiger partial charge on any atom is 0.0750 e. The number of piperidine rings is 1. The third-order valence-corrected chi connectivity index (χ3v) is 3.99. The van der Waals surface area contributed by atoms with Crippen molar-refractivity contribution < 1.29 is 4.74 Å². The van der Waals surface area contributed by atoms with Crippen LogP contribution in [-0.4, -0.2) is 32.8 Å². The van der Waals surface area contributed by atoms with Crippen LogP contribution in [-0.2, 0) is 11.3 Å². The van der Waals surface area contributed by atoms with Gasteiger partial charge in [0.2, 0.25) is 0 Å². The molecule has 0 radical (unpaired) electrons. The van der Waals surface area contributed by atoms with Crippen molar-refractivity contribution in [3.05, 3.63) is 29.3 Å². The molecule has 1 aromatic carbocycles. The summed E-state index contributed by atoms with van der Waals surface area (Å²) in [5, 5.41) is 3.22. The summed E-state index contributed by atoms with van der Waals surface area (Å²) in [7, 11) is 1.99. The average Bonchev–Trinajstić information content (AvgIpc) is 2.48. The third kappa shape index (κ3) is 3.97. The number of ether oxygens (including phenoxy) is 1. The maximum atomic E-state index is 5.92. The second-order valence-electron chi connectivity index (χ2n) is 5.72. The molecule has 1 atom stereocenters. The summed E-state index contributed by atoms with van der Waals surface area (Å²) in [4.78, 5) is 2.47. The highest BCUT2D eigenvalue weighted by atomic mass is 16.5. The van der Waals surface area contributed by atoms with Gasteiger partial charge in [-0.3, -0.25) is 0 Å². The molecule has 1 unspecified atom stereocenters. The summed E-state index contributed by atoms with van der Waals surface area (Å²) in [5.41, 5.74) is 4.09. The second-order valence-corrected chi connectivity index (χ2v) is 5.72. The Morgan fingerprint density at radius 1 is 1.40 bits per heavy atom. The number of anilines is 1. The Bertz CT molecular complexity index is 419. The Morgan fingerprint density at radius 3 is 2.95 bits per heavy atom. The number of benzene rings is 1. The van der Waals surface area contributed by atoms with E-state index >= 15 is 0 Å². The van der Waals surface area contributed by atoms with Crippen LogP contribution in [0.5, 0.6) is 0 Å². The molecule has 0 aromatic heterocycles. The van der Waals surface area contributed by atoms with Gasteiger partial charge in [0, 0.05) is 31.9 Å². The lowest BCUT2D eigenvalue weighted by molar-refractivity contribution is 0.0440. The monoisotopic (exact) mass is 276 g/mol. The molecule has 0 aliphatic carbocycles. The van der Waals surface area contributed by atoms with Crippen LogP contribution in [0.4, 0.5) is 5.69 Å². The first-order chi connectivity index (χ1) is 9.74. The van der Waals surface area contributed by atoms with Gasteiger partial charge in [-0.2, -0.15) is 0 Å². The highest BCUT2D eigenvalue weighted by Crippen LogP contribution is 2.24. The zero-order chi connectivity index (χ0) is 14.4. The molecule has 1 aliphatic heterocycles. The van der Waals surface area contributed by atoms with Crippen LogP contribution < -0.4 is 10.2 Å². The van der Waals surface area contributed by atoms with Gasteiger partial charge in [-0.25, -0.2) is 0 Å². The molecule has 3 nitrogen and oxygen atoms in total. The van der Waals surface area contributed by atoms with Crippen molar-refractivity contribution in [2.45, 2.75) is 45.8 Å². The Labute approximate surface area is 123 Å². The molecule has 1 heterocycles. The van der Waals surface area contributed by atoms with E-state index in [-0.39, 0.29) is 0 Å². The molecule has 0 amide bonds. The largest absolute Gasteiger partial charge is 0.376 e. The van der Waals surface area contributed by atoms with Crippen molar-refractivity contribution in [1.29, 1.82) is 0 Å². The normalized spacial score (nSPS) is 19.4. The fraction of sp³-hybridized carbons (Fsp3) is 0.647. The fourth-order valence-corrected chi connectivity index (χ4v) is 2.86. The minimum absolute atomic E-state index is 0.404. The number of rotatable bonds is 6. The maximum absolute atomic E-state index is 5.92. The standard InChI is InChI=1S/C17H28N2O/c1-4-10-20-17-6-5-9-19(13-17)16-8-7-15(12-18-3)14(2)11-16/h7-8,11,17-18H,4-6,9-10,12-13H2,1-3H3. The first kappa shape index (κ1) is 15.3. The van der Waals surface area contributed by atoms with Crippen molar-refractivity contribution in [3.8, 4) is 0 Å². The lowest BCUT2D eigenvalue weighted by Crippen LogP contribution is -2.39. The number of aryl methyl sites for hydroxylation is 1. The molecule has 1 aliphatic rings. The molecule has 0 bridgehead atoms. The molecule has 1 saturated heterocycles.